The van der Waals surface area contributed by atoms with Crippen molar-refractivity contribution in [2.45, 2.75) is 19.4 Å². The molecule has 1 aromatic heterocycles. The van der Waals surface area contributed by atoms with E-state index in [1.54, 1.807) is 7.05 Å². The second-order valence-corrected chi connectivity index (χ2v) is 7.10. The molecule has 0 aliphatic heterocycles. The average molecular weight is 400 g/mol. The van der Waals surface area contributed by atoms with Crippen molar-refractivity contribution in [3.8, 4) is 0 Å². The summed E-state index contributed by atoms with van der Waals surface area (Å²) in [5.41, 5.74) is 2.93. The zero-order chi connectivity index (χ0) is 21.2. The summed E-state index contributed by atoms with van der Waals surface area (Å²) >= 11 is 0. The van der Waals surface area contributed by atoms with E-state index in [1.807, 2.05) is 62.5 Å². The van der Waals surface area contributed by atoms with Gasteiger partial charge < -0.3 is 20.9 Å². The minimum Gasteiger partial charge on any atom is -0.357 e. The lowest BCUT2D eigenvalue weighted by atomic mass is 10.1. The fraction of sp³-hybridized carbons (Fsp3) is 0.476. The topological polar surface area (TPSA) is 86.6 Å². The van der Waals surface area contributed by atoms with Crippen molar-refractivity contribution in [3.05, 3.63) is 53.3 Å². The molecule has 0 bridgehead atoms. The second kappa shape index (κ2) is 11.2. The van der Waals surface area contributed by atoms with Crippen molar-refractivity contribution >= 4 is 11.9 Å². The molecule has 8 nitrogen and oxygen atoms in total. The smallest absolute Gasteiger partial charge is 0.251 e. The highest BCUT2D eigenvalue weighted by Crippen LogP contribution is 2.17. The van der Waals surface area contributed by atoms with Crippen LogP contribution in [0.5, 0.6) is 0 Å². The molecular formula is C21H33N7O. The zero-order valence-electron chi connectivity index (χ0n) is 18.1. The van der Waals surface area contributed by atoms with Gasteiger partial charge in [-0.25, -0.2) is 0 Å². The Balaban J connectivity index is 1.97. The summed E-state index contributed by atoms with van der Waals surface area (Å²) in [5.74, 6) is 0.713. The molecule has 0 saturated heterocycles. The molecule has 1 aromatic carbocycles. The Kier molecular flexibility index (Phi) is 8.67. The van der Waals surface area contributed by atoms with Crippen LogP contribution < -0.4 is 16.0 Å². The molecule has 2 aromatic rings. The van der Waals surface area contributed by atoms with Gasteiger partial charge in [0.15, 0.2) is 5.96 Å². The number of nitrogens with zero attached hydrogens (tertiary/aromatic N) is 4. The van der Waals surface area contributed by atoms with Crippen LogP contribution in [-0.2, 0) is 13.5 Å². The fourth-order valence-electron chi connectivity index (χ4n) is 3.04. The van der Waals surface area contributed by atoms with Gasteiger partial charge in [0.05, 0.1) is 18.8 Å². The summed E-state index contributed by atoms with van der Waals surface area (Å²) in [7, 11) is 7.66. The van der Waals surface area contributed by atoms with Crippen LogP contribution in [0.15, 0.2) is 41.7 Å². The Hall–Kier alpha value is -2.87. The molecule has 8 heteroatoms. The van der Waals surface area contributed by atoms with Crippen LogP contribution in [0.25, 0.3) is 0 Å². The highest BCUT2D eigenvalue weighted by atomic mass is 16.1. The molecule has 29 heavy (non-hydrogen) atoms. The molecule has 0 fully saturated rings. The molecule has 0 spiro atoms. The van der Waals surface area contributed by atoms with E-state index in [-0.39, 0.29) is 11.9 Å². The maximum atomic E-state index is 11.8. The average Bonchev–Trinajstić information content (AvgIpc) is 3.13. The van der Waals surface area contributed by atoms with Crippen LogP contribution in [0.3, 0.4) is 0 Å². The van der Waals surface area contributed by atoms with E-state index in [1.165, 1.54) is 0 Å². The summed E-state index contributed by atoms with van der Waals surface area (Å²) in [6.45, 7) is 4.19. The molecule has 3 N–H and O–H groups in total. The maximum absolute atomic E-state index is 11.8. The van der Waals surface area contributed by atoms with E-state index in [0.717, 1.165) is 36.6 Å². The number of nitrogens with one attached hydrogen (secondary N) is 3. The highest BCUT2D eigenvalue weighted by molar-refractivity contribution is 5.94. The van der Waals surface area contributed by atoms with Gasteiger partial charge in [-0.15, -0.1) is 0 Å². The van der Waals surface area contributed by atoms with Crippen molar-refractivity contribution in [2.75, 3.05) is 40.8 Å². The van der Waals surface area contributed by atoms with Gasteiger partial charge in [0.1, 0.15) is 0 Å². The first-order valence-electron chi connectivity index (χ1n) is 9.92. The standard InChI is InChI=1S/C21H33N7O/c1-6-23-21(25-14-19(27(3)4)18-13-26-28(5)15-18)24-11-10-16-8-7-9-17(12-16)20(29)22-2/h7-9,12-13,15,19H,6,10-11,14H2,1-5H3,(H,22,29)(H2,23,24,25). The monoisotopic (exact) mass is 399 g/mol. The molecule has 0 saturated carbocycles. The Labute approximate surface area is 173 Å². The third kappa shape index (κ3) is 6.90. The number of likely N-dealkylation sites (N-methyl/N-ethyl adjacent to an activating group) is 1. The molecule has 1 heterocycles. The van der Waals surface area contributed by atoms with E-state index in [0.29, 0.717) is 12.1 Å². The van der Waals surface area contributed by atoms with Crippen molar-refractivity contribution in [1.29, 1.82) is 0 Å². The summed E-state index contributed by atoms with van der Waals surface area (Å²) in [6.07, 6.45) is 4.72. The Morgan fingerprint density at radius 3 is 2.72 bits per heavy atom. The molecule has 158 valence electrons. The summed E-state index contributed by atoms with van der Waals surface area (Å²) in [4.78, 5) is 18.7. The minimum atomic E-state index is -0.0696. The van der Waals surface area contributed by atoms with Gasteiger partial charge in [-0.05, 0) is 45.1 Å². The van der Waals surface area contributed by atoms with Crippen molar-refractivity contribution in [2.24, 2.45) is 12.0 Å². The van der Waals surface area contributed by atoms with Crippen LogP contribution >= 0.6 is 0 Å². The Morgan fingerprint density at radius 2 is 2.10 bits per heavy atom. The van der Waals surface area contributed by atoms with Crippen LogP contribution in [0, 0.1) is 0 Å². The van der Waals surface area contributed by atoms with E-state index in [4.69, 9.17) is 4.99 Å². The van der Waals surface area contributed by atoms with Gasteiger partial charge in [-0.2, -0.15) is 5.10 Å². The lowest BCUT2D eigenvalue weighted by Crippen LogP contribution is -2.39. The molecule has 0 radical (unpaired) electrons. The summed E-state index contributed by atoms with van der Waals surface area (Å²) in [6, 6.07) is 7.84. The summed E-state index contributed by atoms with van der Waals surface area (Å²) < 4.78 is 1.81. The number of hydrogen-bond acceptors (Lipinski definition) is 4. The van der Waals surface area contributed by atoms with Crippen LogP contribution in [0.4, 0.5) is 0 Å². The molecule has 1 amide bonds. The van der Waals surface area contributed by atoms with Crippen molar-refractivity contribution in [3.63, 3.8) is 0 Å². The SMILES string of the molecule is CCNC(=NCC(c1cnn(C)c1)N(C)C)NCCc1cccc(C(=O)NC)c1. The Bertz CT molecular complexity index is 813. The normalized spacial score (nSPS) is 12.7. The van der Waals surface area contributed by atoms with Gasteiger partial charge in [-0.3, -0.25) is 14.5 Å². The first-order chi connectivity index (χ1) is 13.9. The number of aryl methyl sites for hydroxylation is 1. The van der Waals surface area contributed by atoms with Gasteiger partial charge in [0.2, 0.25) is 0 Å². The molecule has 0 aliphatic carbocycles. The number of aromatic nitrogens is 2. The number of carbonyl (C=O) groups excluding carboxylic acids is 1. The number of carbonyl (C=O) groups is 1. The minimum absolute atomic E-state index is 0.0696. The number of rotatable bonds is 9. The molecule has 0 aliphatic rings. The third-order valence-corrected chi connectivity index (χ3v) is 4.62. The number of amides is 1. The van der Waals surface area contributed by atoms with Crippen molar-refractivity contribution < 1.29 is 4.79 Å². The number of benzene rings is 1. The van der Waals surface area contributed by atoms with Crippen LogP contribution in [0.2, 0.25) is 0 Å². The lowest BCUT2D eigenvalue weighted by Gasteiger charge is -2.22. The van der Waals surface area contributed by atoms with E-state index < -0.39 is 0 Å². The second-order valence-electron chi connectivity index (χ2n) is 7.10. The number of hydrogen-bond donors (Lipinski definition) is 3. The van der Waals surface area contributed by atoms with Gasteiger partial charge >= 0.3 is 0 Å². The van der Waals surface area contributed by atoms with Crippen LogP contribution in [-0.4, -0.2) is 67.3 Å². The van der Waals surface area contributed by atoms with Gasteiger partial charge in [0.25, 0.3) is 5.91 Å². The van der Waals surface area contributed by atoms with Crippen LogP contribution in [0.1, 0.15) is 34.5 Å². The molecule has 1 unspecified atom stereocenters. The predicted octanol–water partition coefficient (Wildman–Crippen LogP) is 1.18. The molecule has 2 rings (SSSR count). The Morgan fingerprint density at radius 1 is 1.31 bits per heavy atom. The van der Waals surface area contributed by atoms with E-state index in [9.17, 15) is 4.79 Å². The van der Waals surface area contributed by atoms with Crippen molar-refractivity contribution in [1.82, 2.24) is 30.6 Å². The molecule has 1 atom stereocenters. The van der Waals surface area contributed by atoms with E-state index >= 15 is 0 Å². The van der Waals surface area contributed by atoms with E-state index in [2.05, 4.69) is 32.9 Å². The maximum Gasteiger partial charge on any atom is 0.251 e. The predicted molar refractivity (Wildman–Crippen MR) is 117 cm³/mol. The van der Waals surface area contributed by atoms with Gasteiger partial charge in [-0.1, -0.05) is 12.1 Å². The number of guanidine groups is 1. The quantitative estimate of drug-likeness (QED) is 0.435. The molecular weight excluding hydrogens is 366 g/mol. The zero-order valence-corrected chi connectivity index (χ0v) is 18.1. The largest absolute Gasteiger partial charge is 0.357 e. The number of aliphatic imine (C=N–C) groups is 1. The first-order valence-corrected chi connectivity index (χ1v) is 9.92. The lowest BCUT2D eigenvalue weighted by molar-refractivity contribution is 0.0963. The summed E-state index contributed by atoms with van der Waals surface area (Å²) in [5, 5.41) is 13.6. The van der Waals surface area contributed by atoms with Gasteiger partial charge in [0, 0.05) is 44.5 Å². The first kappa shape index (κ1) is 22.4. The highest BCUT2D eigenvalue weighted by Gasteiger charge is 2.15. The third-order valence-electron chi connectivity index (χ3n) is 4.62. The fourth-order valence-corrected chi connectivity index (χ4v) is 3.04.